The highest BCUT2D eigenvalue weighted by Gasteiger charge is 2.16. The van der Waals surface area contributed by atoms with Crippen molar-refractivity contribution in [1.82, 2.24) is 5.32 Å². The summed E-state index contributed by atoms with van der Waals surface area (Å²) in [5.74, 6) is 0.661. The molecular weight excluding hydrogens is 242 g/mol. The zero-order valence-corrected chi connectivity index (χ0v) is 11.6. The summed E-state index contributed by atoms with van der Waals surface area (Å²) in [5.41, 5.74) is 2.24. The second-order valence-electron chi connectivity index (χ2n) is 5.00. The third-order valence-electron chi connectivity index (χ3n) is 3.24. The molecule has 0 aromatic heterocycles. The fraction of sp³-hybridized carbons (Fsp3) is 0.533. The lowest BCUT2D eigenvalue weighted by molar-refractivity contribution is -0.123. The SMILES string of the molecule is Cc1ccc(OCC(=O)NC[C@@H]2CCCO2)c(C)c1. The highest BCUT2D eigenvalue weighted by molar-refractivity contribution is 5.77. The molecule has 2 rings (SSSR count). The highest BCUT2D eigenvalue weighted by atomic mass is 16.5. The van der Waals surface area contributed by atoms with Gasteiger partial charge in [0.25, 0.3) is 5.91 Å². The molecule has 0 saturated carbocycles. The van der Waals surface area contributed by atoms with Crippen LogP contribution < -0.4 is 10.1 Å². The van der Waals surface area contributed by atoms with Gasteiger partial charge in [0.2, 0.25) is 0 Å². The Labute approximate surface area is 114 Å². The lowest BCUT2D eigenvalue weighted by Crippen LogP contribution is -2.35. The minimum atomic E-state index is -0.101. The van der Waals surface area contributed by atoms with E-state index in [2.05, 4.69) is 5.32 Å². The Balaban J connectivity index is 1.73. The second kappa shape index (κ2) is 6.57. The van der Waals surface area contributed by atoms with Crippen molar-refractivity contribution in [3.63, 3.8) is 0 Å². The number of ether oxygens (including phenoxy) is 2. The van der Waals surface area contributed by atoms with Crippen molar-refractivity contribution < 1.29 is 14.3 Å². The number of hydrogen-bond donors (Lipinski definition) is 1. The first-order valence-corrected chi connectivity index (χ1v) is 6.73. The summed E-state index contributed by atoms with van der Waals surface area (Å²) in [7, 11) is 0. The number of hydrogen-bond acceptors (Lipinski definition) is 3. The fourth-order valence-electron chi connectivity index (χ4n) is 2.19. The molecule has 0 unspecified atom stereocenters. The standard InChI is InChI=1S/C15H21NO3/c1-11-5-6-14(12(2)8-11)19-10-15(17)16-9-13-4-3-7-18-13/h5-6,8,13H,3-4,7,9-10H2,1-2H3,(H,16,17)/t13-/m0/s1. The van der Waals surface area contributed by atoms with Gasteiger partial charge in [0.05, 0.1) is 6.10 Å². The van der Waals surface area contributed by atoms with Crippen molar-refractivity contribution in [3.8, 4) is 5.75 Å². The Morgan fingerprint density at radius 1 is 1.47 bits per heavy atom. The molecule has 1 saturated heterocycles. The molecule has 1 atom stereocenters. The summed E-state index contributed by atoms with van der Waals surface area (Å²) >= 11 is 0. The summed E-state index contributed by atoms with van der Waals surface area (Å²) in [6.07, 6.45) is 2.28. The molecule has 1 aromatic rings. The van der Waals surface area contributed by atoms with Crippen LogP contribution in [0.3, 0.4) is 0 Å². The zero-order chi connectivity index (χ0) is 13.7. The maximum Gasteiger partial charge on any atom is 0.258 e. The molecule has 4 heteroatoms. The van der Waals surface area contributed by atoms with Gasteiger partial charge in [-0.25, -0.2) is 0 Å². The van der Waals surface area contributed by atoms with E-state index < -0.39 is 0 Å². The van der Waals surface area contributed by atoms with E-state index in [9.17, 15) is 4.79 Å². The molecule has 1 N–H and O–H groups in total. The molecule has 1 fully saturated rings. The lowest BCUT2D eigenvalue weighted by Gasteiger charge is -2.12. The smallest absolute Gasteiger partial charge is 0.258 e. The molecule has 1 aliphatic heterocycles. The summed E-state index contributed by atoms with van der Waals surface area (Å²) in [5, 5.41) is 2.84. The third kappa shape index (κ3) is 4.24. The summed E-state index contributed by atoms with van der Waals surface area (Å²) in [4.78, 5) is 11.7. The van der Waals surface area contributed by atoms with Crippen LogP contribution in [0, 0.1) is 13.8 Å². The van der Waals surface area contributed by atoms with Crippen LogP contribution in [0.1, 0.15) is 24.0 Å². The van der Waals surface area contributed by atoms with Gasteiger partial charge in [0.1, 0.15) is 5.75 Å². The van der Waals surface area contributed by atoms with E-state index >= 15 is 0 Å². The normalized spacial score (nSPS) is 18.3. The fourth-order valence-corrected chi connectivity index (χ4v) is 2.19. The number of carbonyl (C=O) groups is 1. The lowest BCUT2D eigenvalue weighted by atomic mass is 10.1. The molecule has 1 aromatic carbocycles. The van der Waals surface area contributed by atoms with Gasteiger partial charge in [-0.1, -0.05) is 17.7 Å². The van der Waals surface area contributed by atoms with E-state index in [-0.39, 0.29) is 18.6 Å². The van der Waals surface area contributed by atoms with Crippen molar-refractivity contribution in [2.75, 3.05) is 19.8 Å². The number of carbonyl (C=O) groups excluding carboxylic acids is 1. The Bertz CT molecular complexity index is 439. The minimum Gasteiger partial charge on any atom is -0.484 e. The van der Waals surface area contributed by atoms with E-state index in [1.807, 2.05) is 32.0 Å². The summed E-state index contributed by atoms with van der Waals surface area (Å²) in [6, 6.07) is 5.92. The van der Waals surface area contributed by atoms with Gasteiger partial charge in [-0.2, -0.15) is 0 Å². The molecule has 4 nitrogen and oxygen atoms in total. The molecular formula is C15H21NO3. The van der Waals surface area contributed by atoms with E-state index in [0.29, 0.717) is 6.54 Å². The van der Waals surface area contributed by atoms with Gasteiger partial charge >= 0.3 is 0 Å². The number of nitrogens with one attached hydrogen (secondary N) is 1. The van der Waals surface area contributed by atoms with Crippen LogP contribution in [-0.4, -0.2) is 31.8 Å². The molecule has 1 amide bonds. The molecule has 0 aliphatic carbocycles. The quantitative estimate of drug-likeness (QED) is 0.883. The van der Waals surface area contributed by atoms with Gasteiger partial charge in [-0.3, -0.25) is 4.79 Å². The maximum absolute atomic E-state index is 11.7. The van der Waals surface area contributed by atoms with Gasteiger partial charge in [0, 0.05) is 13.2 Å². The second-order valence-corrected chi connectivity index (χ2v) is 5.00. The molecule has 0 radical (unpaired) electrons. The molecule has 0 spiro atoms. The van der Waals surface area contributed by atoms with E-state index in [0.717, 1.165) is 30.8 Å². The van der Waals surface area contributed by atoms with E-state index in [1.165, 1.54) is 5.56 Å². The molecule has 1 aliphatic rings. The molecule has 0 bridgehead atoms. The summed E-state index contributed by atoms with van der Waals surface area (Å²) in [6.45, 7) is 5.45. The Morgan fingerprint density at radius 2 is 2.32 bits per heavy atom. The van der Waals surface area contributed by atoms with Gasteiger partial charge in [0.15, 0.2) is 6.61 Å². The van der Waals surface area contributed by atoms with Crippen molar-refractivity contribution in [3.05, 3.63) is 29.3 Å². The van der Waals surface area contributed by atoms with Gasteiger partial charge in [-0.15, -0.1) is 0 Å². The summed E-state index contributed by atoms with van der Waals surface area (Å²) < 4.78 is 11.0. The predicted molar refractivity (Wildman–Crippen MR) is 73.4 cm³/mol. The van der Waals surface area contributed by atoms with E-state index in [1.54, 1.807) is 0 Å². The number of rotatable bonds is 5. The van der Waals surface area contributed by atoms with Crippen LogP contribution >= 0.6 is 0 Å². The van der Waals surface area contributed by atoms with E-state index in [4.69, 9.17) is 9.47 Å². The Hall–Kier alpha value is -1.55. The molecule has 19 heavy (non-hydrogen) atoms. The Kier molecular flexibility index (Phi) is 4.80. The minimum absolute atomic E-state index is 0.0522. The van der Waals surface area contributed by atoms with Crippen LogP contribution in [-0.2, 0) is 9.53 Å². The van der Waals surface area contributed by atoms with Crippen molar-refractivity contribution in [2.24, 2.45) is 0 Å². The van der Waals surface area contributed by atoms with Crippen LogP contribution in [0.15, 0.2) is 18.2 Å². The average Bonchev–Trinajstić information content (AvgIpc) is 2.88. The largest absolute Gasteiger partial charge is 0.484 e. The first-order chi connectivity index (χ1) is 9.15. The highest BCUT2D eigenvalue weighted by Crippen LogP contribution is 2.18. The van der Waals surface area contributed by atoms with Crippen molar-refractivity contribution in [1.29, 1.82) is 0 Å². The first kappa shape index (κ1) is 13.9. The van der Waals surface area contributed by atoms with Crippen molar-refractivity contribution >= 4 is 5.91 Å². The Morgan fingerprint density at radius 3 is 3.00 bits per heavy atom. The predicted octanol–water partition coefficient (Wildman–Crippen LogP) is 1.98. The molecule has 1 heterocycles. The molecule has 104 valence electrons. The van der Waals surface area contributed by atoms with Crippen LogP contribution in [0.5, 0.6) is 5.75 Å². The number of amides is 1. The monoisotopic (exact) mass is 263 g/mol. The third-order valence-corrected chi connectivity index (χ3v) is 3.24. The first-order valence-electron chi connectivity index (χ1n) is 6.73. The van der Waals surface area contributed by atoms with Crippen LogP contribution in [0.2, 0.25) is 0 Å². The number of aryl methyl sites for hydroxylation is 2. The topological polar surface area (TPSA) is 47.6 Å². The maximum atomic E-state index is 11.7. The number of benzene rings is 1. The van der Waals surface area contributed by atoms with Crippen molar-refractivity contribution in [2.45, 2.75) is 32.8 Å². The van der Waals surface area contributed by atoms with Gasteiger partial charge < -0.3 is 14.8 Å². The van der Waals surface area contributed by atoms with Crippen LogP contribution in [0.4, 0.5) is 0 Å². The average molecular weight is 263 g/mol. The van der Waals surface area contributed by atoms with Gasteiger partial charge in [-0.05, 0) is 38.3 Å². The van der Waals surface area contributed by atoms with Crippen LogP contribution in [0.25, 0.3) is 0 Å². The zero-order valence-electron chi connectivity index (χ0n) is 11.6.